The molecule has 1 aromatic carbocycles. The van der Waals surface area contributed by atoms with Gasteiger partial charge in [0.1, 0.15) is 11.8 Å². The summed E-state index contributed by atoms with van der Waals surface area (Å²) in [7, 11) is 0. The number of benzene rings is 1. The molecule has 0 atom stereocenters. The lowest BCUT2D eigenvalue weighted by molar-refractivity contribution is 0.225. The summed E-state index contributed by atoms with van der Waals surface area (Å²) >= 11 is 0. The van der Waals surface area contributed by atoms with Crippen molar-refractivity contribution in [1.29, 1.82) is 16.1 Å². The average Bonchev–Trinajstić information content (AvgIpc) is 2.48. The standard InChI is InChI=1S/C17H18F2N4/c1-9(10(2)14(8-20)11(3)21)6-12-4-5-15(22)13(7-12)16(23)17(18)19/h4-7,17,21,23H,22H2,1-3H3/b9-6+,14-10-,21-11?,23-16?. The molecule has 0 spiro atoms. The highest BCUT2D eigenvalue weighted by atomic mass is 19.3. The molecule has 0 unspecified atom stereocenters. The summed E-state index contributed by atoms with van der Waals surface area (Å²) in [6.45, 7) is 5.02. The van der Waals surface area contributed by atoms with Crippen molar-refractivity contribution in [2.24, 2.45) is 0 Å². The Morgan fingerprint density at radius 1 is 1.26 bits per heavy atom. The summed E-state index contributed by atoms with van der Waals surface area (Å²) in [5.74, 6) is 0. The Morgan fingerprint density at radius 2 is 1.87 bits per heavy atom. The van der Waals surface area contributed by atoms with Crippen LogP contribution in [0.2, 0.25) is 0 Å². The summed E-state index contributed by atoms with van der Waals surface area (Å²) in [5, 5.41) is 24.1. The number of hydrogen-bond acceptors (Lipinski definition) is 4. The molecule has 0 bridgehead atoms. The maximum absolute atomic E-state index is 12.7. The van der Waals surface area contributed by atoms with Gasteiger partial charge in [-0.1, -0.05) is 12.1 Å². The van der Waals surface area contributed by atoms with Gasteiger partial charge < -0.3 is 11.1 Å². The van der Waals surface area contributed by atoms with Gasteiger partial charge >= 0.3 is 0 Å². The lowest BCUT2D eigenvalue weighted by Gasteiger charge is -2.09. The van der Waals surface area contributed by atoms with Crippen LogP contribution in [-0.4, -0.2) is 17.8 Å². The minimum absolute atomic E-state index is 0.00748. The van der Waals surface area contributed by atoms with Crippen molar-refractivity contribution in [1.82, 2.24) is 0 Å². The molecule has 0 aliphatic carbocycles. The van der Waals surface area contributed by atoms with E-state index in [4.69, 9.17) is 21.8 Å². The van der Waals surface area contributed by atoms with Crippen LogP contribution in [0.4, 0.5) is 14.5 Å². The minimum atomic E-state index is -2.90. The number of hydrogen-bond donors (Lipinski definition) is 3. The lowest BCUT2D eigenvalue weighted by atomic mass is 9.97. The summed E-state index contributed by atoms with van der Waals surface area (Å²) in [6.07, 6.45) is -1.19. The molecule has 4 nitrogen and oxygen atoms in total. The predicted molar refractivity (Wildman–Crippen MR) is 89.1 cm³/mol. The van der Waals surface area contributed by atoms with E-state index in [2.05, 4.69) is 0 Å². The van der Waals surface area contributed by atoms with Crippen molar-refractivity contribution in [3.63, 3.8) is 0 Å². The molecule has 0 radical (unpaired) electrons. The second-order valence-electron chi connectivity index (χ2n) is 5.13. The highest BCUT2D eigenvalue weighted by molar-refractivity contribution is 6.05. The highest BCUT2D eigenvalue weighted by Gasteiger charge is 2.16. The molecule has 23 heavy (non-hydrogen) atoms. The first-order chi connectivity index (χ1) is 10.7. The fourth-order valence-corrected chi connectivity index (χ4v) is 2.02. The molecule has 0 saturated heterocycles. The molecule has 4 N–H and O–H groups in total. The van der Waals surface area contributed by atoms with Gasteiger partial charge in [0.05, 0.1) is 5.57 Å². The van der Waals surface area contributed by atoms with Gasteiger partial charge in [0.15, 0.2) is 0 Å². The van der Waals surface area contributed by atoms with Crippen LogP contribution < -0.4 is 5.73 Å². The first-order valence-electron chi connectivity index (χ1n) is 6.80. The summed E-state index contributed by atoms with van der Waals surface area (Å²) in [4.78, 5) is 0. The minimum Gasteiger partial charge on any atom is -0.398 e. The van der Waals surface area contributed by atoms with E-state index in [9.17, 15) is 8.78 Å². The van der Waals surface area contributed by atoms with E-state index in [1.165, 1.54) is 19.1 Å². The van der Waals surface area contributed by atoms with Crippen LogP contribution in [0.5, 0.6) is 0 Å². The van der Waals surface area contributed by atoms with Crippen LogP contribution in [0.3, 0.4) is 0 Å². The molecular formula is C17H18F2N4. The zero-order valence-corrected chi connectivity index (χ0v) is 13.2. The number of nitrogens with two attached hydrogens (primary N) is 1. The highest BCUT2D eigenvalue weighted by Crippen LogP contribution is 2.22. The molecule has 0 aliphatic rings. The van der Waals surface area contributed by atoms with Crippen molar-refractivity contribution in [2.75, 3.05) is 5.73 Å². The monoisotopic (exact) mass is 316 g/mol. The van der Waals surface area contributed by atoms with Crippen LogP contribution >= 0.6 is 0 Å². The van der Waals surface area contributed by atoms with Gasteiger partial charge in [0.2, 0.25) is 0 Å². The fraction of sp³-hybridized carbons (Fsp3) is 0.235. The van der Waals surface area contributed by atoms with Crippen molar-refractivity contribution >= 4 is 23.2 Å². The Hall–Kier alpha value is -2.81. The Kier molecular flexibility index (Phi) is 5.91. The molecule has 6 heteroatoms. The molecule has 0 saturated carbocycles. The predicted octanol–water partition coefficient (Wildman–Crippen LogP) is 4.18. The number of anilines is 1. The molecule has 0 heterocycles. The number of nitriles is 1. The Labute approximate surface area is 134 Å². The third kappa shape index (κ3) is 4.33. The van der Waals surface area contributed by atoms with Crippen LogP contribution in [0.15, 0.2) is 34.9 Å². The van der Waals surface area contributed by atoms with Crippen molar-refractivity contribution < 1.29 is 8.78 Å². The third-order valence-corrected chi connectivity index (χ3v) is 3.42. The summed E-state index contributed by atoms with van der Waals surface area (Å²) < 4.78 is 25.4. The Bertz CT molecular complexity index is 752. The smallest absolute Gasteiger partial charge is 0.280 e. The van der Waals surface area contributed by atoms with E-state index >= 15 is 0 Å². The number of rotatable bonds is 5. The molecule has 0 aromatic heterocycles. The van der Waals surface area contributed by atoms with Gasteiger partial charge in [0, 0.05) is 17.0 Å². The third-order valence-electron chi connectivity index (χ3n) is 3.42. The SMILES string of the molecule is CC(=N)/C(C#N)=C(C)\C(C)=C\c1ccc(N)c(C(=N)C(F)F)c1. The van der Waals surface area contributed by atoms with E-state index in [0.29, 0.717) is 11.1 Å². The van der Waals surface area contributed by atoms with Gasteiger partial charge in [-0.15, -0.1) is 0 Å². The number of allylic oxidation sites excluding steroid dienone is 3. The summed E-state index contributed by atoms with van der Waals surface area (Å²) in [5.41, 5.74) is 7.34. The van der Waals surface area contributed by atoms with Gasteiger partial charge in [-0.2, -0.15) is 5.26 Å². The number of halogens is 2. The number of nitrogens with zero attached hydrogens (tertiary/aromatic N) is 1. The molecule has 1 aromatic rings. The van der Waals surface area contributed by atoms with E-state index in [1.807, 2.05) is 6.07 Å². The molecule has 1 rings (SSSR count). The quantitative estimate of drug-likeness (QED) is 0.328. The van der Waals surface area contributed by atoms with Crippen LogP contribution in [0, 0.1) is 22.1 Å². The van der Waals surface area contributed by atoms with Gasteiger partial charge in [-0.25, -0.2) is 8.78 Å². The molecular weight excluding hydrogens is 298 g/mol. The van der Waals surface area contributed by atoms with Crippen molar-refractivity contribution in [3.8, 4) is 6.07 Å². The molecule has 120 valence electrons. The van der Waals surface area contributed by atoms with Crippen LogP contribution in [0.25, 0.3) is 6.08 Å². The fourth-order valence-electron chi connectivity index (χ4n) is 2.02. The van der Waals surface area contributed by atoms with E-state index in [0.717, 1.165) is 5.57 Å². The average molecular weight is 316 g/mol. The summed E-state index contributed by atoms with van der Waals surface area (Å²) in [6, 6.07) is 6.52. The normalized spacial score (nSPS) is 12.7. The maximum Gasteiger partial charge on any atom is 0.280 e. The van der Waals surface area contributed by atoms with Gasteiger partial charge in [0.25, 0.3) is 6.43 Å². The zero-order chi connectivity index (χ0) is 17.7. The first-order valence-corrected chi connectivity index (χ1v) is 6.80. The second-order valence-corrected chi connectivity index (χ2v) is 5.13. The number of nitrogen functional groups attached to an aromatic ring is 1. The maximum atomic E-state index is 12.7. The van der Waals surface area contributed by atoms with Crippen molar-refractivity contribution in [2.45, 2.75) is 27.2 Å². The van der Waals surface area contributed by atoms with E-state index in [-0.39, 0.29) is 22.5 Å². The molecule has 0 amide bonds. The van der Waals surface area contributed by atoms with E-state index in [1.54, 1.807) is 26.0 Å². The Morgan fingerprint density at radius 3 is 2.35 bits per heavy atom. The van der Waals surface area contributed by atoms with Gasteiger partial charge in [-0.3, -0.25) is 5.41 Å². The number of alkyl halides is 2. The topological polar surface area (TPSA) is 97.5 Å². The zero-order valence-electron chi connectivity index (χ0n) is 13.2. The molecule has 0 aliphatic heterocycles. The first kappa shape index (κ1) is 18.2. The van der Waals surface area contributed by atoms with Crippen molar-refractivity contribution in [3.05, 3.63) is 46.0 Å². The lowest BCUT2D eigenvalue weighted by Crippen LogP contribution is -2.12. The largest absolute Gasteiger partial charge is 0.398 e. The molecule has 0 fully saturated rings. The second kappa shape index (κ2) is 7.45. The van der Waals surface area contributed by atoms with E-state index < -0.39 is 12.1 Å². The van der Waals surface area contributed by atoms with Crippen LogP contribution in [-0.2, 0) is 0 Å². The van der Waals surface area contributed by atoms with Crippen LogP contribution in [0.1, 0.15) is 31.9 Å². The van der Waals surface area contributed by atoms with Gasteiger partial charge in [-0.05, 0) is 49.6 Å². The number of nitrogens with one attached hydrogen (secondary N) is 2. The Balaban J connectivity index is 3.34.